The van der Waals surface area contributed by atoms with E-state index in [1.165, 1.54) is 18.2 Å². The van der Waals surface area contributed by atoms with Crippen LogP contribution in [0.3, 0.4) is 0 Å². The van der Waals surface area contributed by atoms with Crippen LogP contribution >= 0.6 is 0 Å². The minimum Gasteiger partial charge on any atom is -0.372 e. The third-order valence-corrected chi connectivity index (χ3v) is 6.89. The van der Waals surface area contributed by atoms with Crippen molar-refractivity contribution in [3.05, 3.63) is 65.2 Å². The Balaban J connectivity index is 1.38. The van der Waals surface area contributed by atoms with Crippen molar-refractivity contribution in [1.82, 2.24) is 9.80 Å². The second-order valence-corrected chi connectivity index (χ2v) is 9.21. The van der Waals surface area contributed by atoms with Crippen molar-refractivity contribution >= 4 is 11.6 Å². The average molecular weight is 472 g/mol. The first kappa shape index (κ1) is 24.6. The number of halogens is 2. The zero-order chi connectivity index (χ0) is 23.9. The molecule has 2 aliphatic rings. The van der Waals surface area contributed by atoms with E-state index < -0.39 is 0 Å². The molecule has 0 saturated carbocycles. The van der Waals surface area contributed by atoms with Crippen molar-refractivity contribution < 1.29 is 18.3 Å². The summed E-state index contributed by atoms with van der Waals surface area (Å²) in [5.41, 5.74) is 3.11. The molecule has 7 heteroatoms. The molecule has 2 aliphatic heterocycles. The topological polar surface area (TPSA) is 36.0 Å². The smallest absolute Gasteiger partial charge is 0.248 e. The Bertz CT molecular complexity index is 945. The Morgan fingerprint density at radius 2 is 1.71 bits per heavy atom. The molecule has 184 valence electrons. The summed E-state index contributed by atoms with van der Waals surface area (Å²) in [5, 5.41) is 0. The maximum atomic E-state index is 14.3. The average Bonchev–Trinajstić information content (AvgIpc) is 3.02. The molecule has 1 unspecified atom stereocenters. The predicted molar refractivity (Wildman–Crippen MR) is 130 cm³/mol. The lowest BCUT2D eigenvalue weighted by atomic mass is 9.87. The number of benzene rings is 2. The molecule has 1 atom stereocenters. The van der Waals surface area contributed by atoms with Crippen LogP contribution in [0.1, 0.15) is 43.2 Å². The summed E-state index contributed by atoms with van der Waals surface area (Å²) < 4.78 is 33.1. The second-order valence-electron chi connectivity index (χ2n) is 9.21. The highest BCUT2D eigenvalue weighted by molar-refractivity contribution is 5.77. The van der Waals surface area contributed by atoms with E-state index in [9.17, 15) is 13.6 Å². The number of fused-ring (bicyclic) bond motifs is 1. The number of hydrogen-bond acceptors (Lipinski definition) is 4. The minimum absolute atomic E-state index is 0.0665. The van der Waals surface area contributed by atoms with Crippen molar-refractivity contribution in [3.63, 3.8) is 0 Å². The number of carbonyl (C=O) groups is 1. The van der Waals surface area contributed by atoms with Gasteiger partial charge < -0.3 is 14.5 Å². The summed E-state index contributed by atoms with van der Waals surface area (Å²) in [4.78, 5) is 18.8. The fraction of sp³-hybridized carbons (Fsp3) is 0.519. The van der Waals surface area contributed by atoms with E-state index >= 15 is 0 Å². The van der Waals surface area contributed by atoms with Gasteiger partial charge in [0.1, 0.15) is 18.2 Å². The number of anilines is 1. The fourth-order valence-electron chi connectivity index (χ4n) is 5.00. The third kappa shape index (κ3) is 6.13. The molecular formula is C27H35F2N3O2. The van der Waals surface area contributed by atoms with Crippen molar-refractivity contribution in [3.8, 4) is 0 Å². The van der Waals surface area contributed by atoms with Crippen molar-refractivity contribution in [2.45, 2.75) is 32.1 Å². The van der Waals surface area contributed by atoms with Gasteiger partial charge in [-0.05, 0) is 54.7 Å². The molecule has 0 radical (unpaired) electrons. The van der Waals surface area contributed by atoms with Gasteiger partial charge in [0.2, 0.25) is 5.91 Å². The van der Waals surface area contributed by atoms with Crippen LogP contribution in [0.25, 0.3) is 0 Å². The Morgan fingerprint density at radius 1 is 0.971 bits per heavy atom. The summed E-state index contributed by atoms with van der Waals surface area (Å²) in [6.07, 6.45) is 2.84. The van der Waals surface area contributed by atoms with Crippen molar-refractivity contribution in [2.24, 2.45) is 0 Å². The van der Waals surface area contributed by atoms with Gasteiger partial charge >= 0.3 is 0 Å². The van der Waals surface area contributed by atoms with Gasteiger partial charge in [0.05, 0.1) is 0 Å². The standard InChI is InChI=1S/C27H35F2N3O2/c1-2-18-34-20-27(33)32-16-13-30(14-17-32)12-15-31-11-3-4-24(21-5-7-22(28)8-6-21)25-10-9-23(29)19-26(25)31/h5-10,19,24H,2-4,11-18,20H2,1H3. The van der Waals surface area contributed by atoms with Gasteiger partial charge in [0.15, 0.2) is 0 Å². The molecule has 0 aliphatic carbocycles. The molecule has 5 nitrogen and oxygen atoms in total. The normalized spacial score (nSPS) is 19.1. The van der Waals surface area contributed by atoms with Crippen molar-refractivity contribution in [1.29, 1.82) is 0 Å². The highest BCUT2D eigenvalue weighted by atomic mass is 19.1. The molecule has 0 spiro atoms. The molecule has 0 bridgehead atoms. The Kier molecular flexibility index (Phi) is 8.51. The quantitative estimate of drug-likeness (QED) is 0.539. The molecule has 4 rings (SSSR count). The first-order valence-corrected chi connectivity index (χ1v) is 12.4. The third-order valence-electron chi connectivity index (χ3n) is 6.89. The van der Waals surface area contributed by atoms with Crippen LogP contribution in [0.15, 0.2) is 42.5 Å². The highest BCUT2D eigenvalue weighted by Gasteiger charge is 2.26. The lowest BCUT2D eigenvalue weighted by Crippen LogP contribution is -2.51. The van der Waals surface area contributed by atoms with Crippen LogP contribution < -0.4 is 4.90 Å². The van der Waals surface area contributed by atoms with E-state index in [4.69, 9.17) is 4.74 Å². The summed E-state index contributed by atoms with van der Waals surface area (Å²) in [6.45, 7) is 8.45. The molecule has 2 aromatic rings. The van der Waals surface area contributed by atoms with E-state index in [2.05, 4.69) is 9.80 Å². The lowest BCUT2D eigenvalue weighted by Gasteiger charge is -2.36. The Hall–Kier alpha value is -2.51. The van der Waals surface area contributed by atoms with Crippen molar-refractivity contribution in [2.75, 3.05) is 63.9 Å². The molecule has 0 N–H and O–H groups in total. The molecular weight excluding hydrogens is 436 g/mol. The van der Waals surface area contributed by atoms with E-state index in [1.54, 1.807) is 6.07 Å². The van der Waals surface area contributed by atoms with Crippen LogP contribution in [0.5, 0.6) is 0 Å². The summed E-state index contributed by atoms with van der Waals surface area (Å²) in [7, 11) is 0. The van der Waals surface area contributed by atoms with Gasteiger partial charge in [-0.25, -0.2) is 8.78 Å². The number of carbonyl (C=O) groups excluding carboxylic acids is 1. The molecule has 1 amide bonds. The number of amides is 1. The van der Waals surface area contributed by atoms with Gasteiger partial charge in [0.25, 0.3) is 0 Å². The molecule has 34 heavy (non-hydrogen) atoms. The van der Waals surface area contributed by atoms with Crippen LogP contribution in [-0.4, -0.2) is 74.7 Å². The number of piperazine rings is 1. The first-order chi connectivity index (χ1) is 16.5. The number of hydrogen-bond donors (Lipinski definition) is 0. The monoisotopic (exact) mass is 471 g/mol. The largest absolute Gasteiger partial charge is 0.372 e. The van der Waals surface area contributed by atoms with Crippen LogP contribution in [0, 0.1) is 11.6 Å². The number of nitrogens with zero attached hydrogens (tertiary/aromatic N) is 3. The highest BCUT2D eigenvalue weighted by Crippen LogP contribution is 2.39. The van der Waals surface area contributed by atoms with Gasteiger partial charge in [-0.3, -0.25) is 9.69 Å². The van der Waals surface area contributed by atoms with Crippen LogP contribution in [0.4, 0.5) is 14.5 Å². The molecule has 0 aromatic heterocycles. The maximum Gasteiger partial charge on any atom is 0.248 e. The second kappa shape index (κ2) is 11.8. The van der Waals surface area contributed by atoms with E-state index in [0.29, 0.717) is 19.7 Å². The molecule has 2 aromatic carbocycles. The van der Waals surface area contributed by atoms with Gasteiger partial charge in [0, 0.05) is 64.0 Å². The minimum atomic E-state index is -0.242. The van der Waals surface area contributed by atoms with Gasteiger partial charge in [-0.1, -0.05) is 25.1 Å². The zero-order valence-electron chi connectivity index (χ0n) is 20.0. The zero-order valence-corrected chi connectivity index (χ0v) is 20.0. The summed E-state index contributed by atoms with van der Waals surface area (Å²) >= 11 is 0. The fourth-order valence-corrected chi connectivity index (χ4v) is 5.00. The first-order valence-electron chi connectivity index (χ1n) is 12.4. The molecule has 1 fully saturated rings. The molecule has 1 saturated heterocycles. The Morgan fingerprint density at radius 3 is 2.44 bits per heavy atom. The van der Waals surface area contributed by atoms with Crippen LogP contribution in [0.2, 0.25) is 0 Å². The van der Waals surface area contributed by atoms with Crippen LogP contribution in [-0.2, 0) is 9.53 Å². The summed E-state index contributed by atoms with van der Waals surface area (Å²) in [6, 6.07) is 11.8. The predicted octanol–water partition coefficient (Wildman–Crippen LogP) is 4.27. The SMILES string of the molecule is CCCOCC(=O)N1CCN(CCN2CCCC(c3ccc(F)cc3)c3ccc(F)cc32)CC1. The summed E-state index contributed by atoms with van der Waals surface area (Å²) in [5.74, 6) is -0.280. The van der Waals surface area contributed by atoms with E-state index in [1.807, 2.05) is 30.0 Å². The number of rotatable bonds is 8. The van der Waals surface area contributed by atoms with Gasteiger partial charge in [-0.2, -0.15) is 0 Å². The van der Waals surface area contributed by atoms with Gasteiger partial charge in [-0.15, -0.1) is 0 Å². The van der Waals surface area contributed by atoms with E-state index in [0.717, 1.165) is 68.8 Å². The molecule has 2 heterocycles. The lowest BCUT2D eigenvalue weighted by molar-refractivity contribution is -0.137. The Labute approximate surface area is 201 Å². The van der Waals surface area contributed by atoms with E-state index in [-0.39, 0.29) is 30.1 Å². The maximum absolute atomic E-state index is 14.3. The number of ether oxygens (including phenoxy) is 1.